The molecule has 0 aromatic heterocycles. The van der Waals surface area contributed by atoms with E-state index in [2.05, 4.69) is 30.5 Å². The van der Waals surface area contributed by atoms with E-state index in [1.165, 1.54) is 44.9 Å². The van der Waals surface area contributed by atoms with E-state index in [-0.39, 0.29) is 19.4 Å². The molecular formula is C40H68NO11P. The molecule has 0 amide bonds. The predicted octanol–water partition coefficient (Wildman–Crippen LogP) is 8.58. The lowest BCUT2D eigenvalue weighted by Crippen LogP contribution is -2.34. The third-order valence-electron chi connectivity index (χ3n) is 7.86. The summed E-state index contributed by atoms with van der Waals surface area (Å²) in [6.45, 7) is 2.51. The molecule has 53 heavy (non-hydrogen) atoms. The number of rotatable bonds is 35. The molecule has 4 atom stereocenters. The van der Waals surface area contributed by atoms with E-state index in [9.17, 15) is 28.9 Å². The highest BCUT2D eigenvalue weighted by molar-refractivity contribution is 7.47. The molecule has 0 aliphatic heterocycles. The normalized spacial score (nSPS) is 15.1. The largest absolute Gasteiger partial charge is 0.480 e. The van der Waals surface area contributed by atoms with Crippen molar-refractivity contribution in [2.75, 3.05) is 19.8 Å². The molecule has 13 heteroatoms. The van der Waals surface area contributed by atoms with Crippen molar-refractivity contribution in [2.24, 2.45) is 5.73 Å². The first-order valence-electron chi connectivity index (χ1n) is 19.4. The number of aliphatic hydroxyl groups is 1. The van der Waals surface area contributed by atoms with Crippen LogP contribution in [0.3, 0.4) is 0 Å². The van der Waals surface area contributed by atoms with Crippen LogP contribution >= 0.6 is 7.82 Å². The van der Waals surface area contributed by atoms with E-state index in [4.69, 9.17) is 24.8 Å². The molecule has 0 aromatic rings. The number of hydrogen-bond donors (Lipinski definition) is 4. The first kappa shape index (κ1) is 50.1. The van der Waals surface area contributed by atoms with E-state index >= 15 is 0 Å². The molecule has 0 aromatic carbocycles. The van der Waals surface area contributed by atoms with Gasteiger partial charge in [-0.15, -0.1) is 0 Å². The molecule has 0 radical (unpaired) electrons. The SMILES string of the molecule is CC/C=C\C/C=C\CC(O)/C=C/C=C\C/C=C\CCCC(=O)O[C@H](COC(=O)CCCCCCCCCCCCC)COP(=O)(O)OC[C@H](N)C(=O)O. The van der Waals surface area contributed by atoms with Gasteiger partial charge in [0.15, 0.2) is 6.10 Å². The third kappa shape index (κ3) is 34.6. The Hall–Kier alpha value is -2.86. The van der Waals surface area contributed by atoms with E-state index in [1.807, 2.05) is 42.5 Å². The Morgan fingerprint density at radius 2 is 1.28 bits per heavy atom. The number of unbranched alkanes of at least 4 members (excludes halogenated alkanes) is 11. The van der Waals surface area contributed by atoms with Crippen molar-refractivity contribution < 1.29 is 52.6 Å². The third-order valence-corrected chi connectivity index (χ3v) is 8.81. The molecular weight excluding hydrogens is 701 g/mol. The first-order valence-corrected chi connectivity index (χ1v) is 20.9. The number of aliphatic hydroxyl groups excluding tert-OH is 1. The van der Waals surface area contributed by atoms with Crippen LogP contribution in [-0.4, -0.2) is 71.1 Å². The summed E-state index contributed by atoms with van der Waals surface area (Å²) in [7, 11) is -4.74. The lowest BCUT2D eigenvalue weighted by Gasteiger charge is -2.20. The van der Waals surface area contributed by atoms with Gasteiger partial charge in [0.2, 0.25) is 0 Å². The quantitative estimate of drug-likeness (QED) is 0.0158. The highest BCUT2D eigenvalue weighted by atomic mass is 31.2. The number of aliphatic carboxylic acids is 1. The summed E-state index contributed by atoms with van der Waals surface area (Å²) in [6, 6.07) is -1.54. The van der Waals surface area contributed by atoms with Crippen LogP contribution in [0.25, 0.3) is 0 Å². The fourth-order valence-electron chi connectivity index (χ4n) is 4.77. The van der Waals surface area contributed by atoms with Crippen LogP contribution in [0, 0.1) is 0 Å². The van der Waals surface area contributed by atoms with Crippen molar-refractivity contribution in [3.05, 3.63) is 60.8 Å². The maximum Gasteiger partial charge on any atom is 0.472 e. The second kappa shape index (κ2) is 34.9. The number of hydrogen-bond acceptors (Lipinski definition) is 10. The lowest BCUT2D eigenvalue weighted by molar-refractivity contribution is -0.161. The molecule has 0 fully saturated rings. The highest BCUT2D eigenvalue weighted by Gasteiger charge is 2.28. The van der Waals surface area contributed by atoms with E-state index in [0.29, 0.717) is 32.1 Å². The number of carboxylic acid groups (broad SMARTS) is 1. The summed E-state index contributed by atoms with van der Waals surface area (Å²) in [6.07, 6.45) is 34.8. The number of allylic oxidation sites excluding steroid dienone is 8. The van der Waals surface area contributed by atoms with Gasteiger partial charge in [-0.25, -0.2) is 4.57 Å². The zero-order chi connectivity index (χ0) is 39.4. The summed E-state index contributed by atoms with van der Waals surface area (Å²) >= 11 is 0. The van der Waals surface area contributed by atoms with Gasteiger partial charge in [-0.1, -0.05) is 139 Å². The molecule has 0 aliphatic rings. The Bertz CT molecular complexity index is 1150. The first-order chi connectivity index (χ1) is 25.5. The predicted molar refractivity (Wildman–Crippen MR) is 209 cm³/mol. The van der Waals surface area contributed by atoms with Crippen LogP contribution < -0.4 is 5.73 Å². The van der Waals surface area contributed by atoms with E-state index in [1.54, 1.807) is 6.08 Å². The van der Waals surface area contributed by atoms with Crippen LogP contribution in [0.2, 0.25) is 0 Å². The monoisotopic (exact) mass is 769 g/mol. The van der Waals surface area contributed by atoms with Crippen LogP contribution in [0.4, 0.5) is 0 Å². The summed E-state index contributed by atoms with van der Waals surface area (Å²) in [4.78, 5) is 45.7. The smallest absolute Gasteiger partial charge is 0.472 e. The molecule has 0 saturated carbocycles. The van der Waals surface area contributed by atoms with Crippen molar-refractivity contribution in [3.63, 3.8) is 0 Å². The zero-order valence-corrected chi connectivity index (χ0v) is 33.1. The van der Waals surface area contributed by atoms with Gasteiger partial charge in [-0.2, -0.15) is 0 Å². The maximum absolute atomic E-state index is 12.6. The highest BCUT2D eigenvalue weighted by Crippen LogP contribution is 2.43. The summed E-state index contributed by atoms with van der Waals surface area (Å²) < 4.78 is 32.5. The van der Waals surface area contributed by atoms with Crippen LogP contribution in [0.5, 0.6) is 0 Å². The lowest BCUT2D eigenvalue weighted by atomic mass is 10.1. The molecule has 0 spiro atoms. The van der Waals surface area contributed by atoms with Crippen LogP contribution in [0.1, 0.15) is 136 Å². The van der Waals surface area contributed by atoms with E-state index in [0.717, 1.165) is 32.1 Å². The minimum atomic E-state index is -4.74. The van der Waals surface area contributed by atoms with Gasteiger partial charge in [0, 0.05) is 12.8 Å². The van der Waals surface area contributed by atoms with Crippen molar-refractivity contribution >= 4 is 25.7 Å². The van der Waals surface area contributed by atoms with Gasteiger partial charge in [0.25, 0.3) is 0 Å². The fourth-order valence-corrected chi connectivity index (χ4v) is 5.55. The molecule has 304 valence electrons. The number of phosphoric ester groups is 1. The standard InChI is InChI=1S/C40H68NO11P/c1-3-5-7-9-11-12-13-14-18-22-26-30-38(43)49-32-36(33-50-53(47,48)51-34-37(41)40(45)46)52-39(44)31-27-23-19-16-15-17-21-25-29-35(42)28-24-20-10-8-6-4-2/h6,8,16-17,19-21,24-25,29,35-37,42H,3-5,7,9-15,18,22-23,26-28,30-34,41H2,1-2H3,(H,45,46)(H,47,48)/b8-6-,19-16-,21-17-,24-20-,29-25+/t35?,36-,37+/m1/s1. The van der Waals surface area contributed by atoms with Gasteiger partial charge >= 0.3 is 25.7 Å². The second-order valence-corrected chi connectivity index (χ2v) is 14.3. The molecule has 2 unspecified atom stereocenters. The van der Waals surface area contributed by atoms with Gasteiger partial charge < -0.3 is 30.3 Å². The molecule has 5 N–H and O–H groups in total. The Morgan fingerprint density at radius 1 is 0.698 bits per heavy atom. The Morgan fingerprint density at radius 3 is 1.94 bits per heavy atom. The van der Waals surface area contributed by atoms with Crippen molar-refractivity contribution in [1.29, 1.82) is 0 Å². The Balaban J connectivity index is 4.62. The van der Waals surface area contributed by atoms with E-state index < -0.39 is 57.2 Å². The molecule has 12 nitrogen and oxygen atoms in total. The maximum atomic E-state index is 12.6. The van der Waals surface area contributed by atoms with Gasteiger partial charge in [-0.3, -0.25) is 23.4 Å². The number of carbonyl (C=O) groups is 3. The second-order valence-electron chi connectivity index (χ2n) is 12.9. The topological polar surface area (TPSA) is 192 Å². The minimum Gasteiger partial charge on any atom is -0.480 e. The number of carbonyl (C=O) groups excluding carboxylic acids is 2. The Labute approximate surface area is 318 Å². The zero-order valence-electron chi connectivity index (χ0n) is 32.2. The van der Waals surface area contributed by atoms with Crippen molar-refractivity contribution in [3.8, 4) is 0 Å². The minimum absolute atomic E-state index is 0.0497. The molecule has 0 aliphatic carbocycles. The van der Waals surface area contributed by atoms with Crippen LogP contribution in [0.15, 0.2) is 60.8 Å². The number of esters is 2. The number of phosphoric acid groups is 1. The number of ether oxygens (including phenoxy) is 2. The average molecular weight is 770 g/mol. The summed E-state index contributed by atoms with van der Waals surface area (Å²) in [5.74, 6) is -2.51. The van der Waals surface area contributed by atoms with Crippen molar-refractivity contribution in [2.45, 2.75) is 154 Å². The molecule has 0 saturated heterocycles. The van der Waals surface area contributed by atoms with Gasteiger partial charge in [-0.05, 0) is 44.9 Å². The average Bonchev–Trinajstić information content (AvgIpc) is 3.12. The summed E-state index contributed by atoms with van der Waals surface area (Å²) in [5.41, 5.74) is 5.31. The van der Waals surface area contributed by atoms with Gasteiger partial charge in [0.1, 0.15) is 12.6 Å². The molecule has 0 bridgehead atoms. The molecule has 0 rings (SSSR count). The fraction of sp³-hybridized carbons (Fsp3) is 0.675. The number of carboxylic acids is 1. The van der Waals surface area contributed by atoms with Crippen molar-refractivity contribution in [1.82, 2.24) is 0 Å². The number of nitrogens with two attached hydrogens (primary N) is 1. The Kier molecular flexibility index (Phi) is 33.0. The molecule has 0 heterocycles. The van der Waals surface area contributed by atoms with Crippen LogP contribution in [-0.2, 0) is 37.5 Å². The van der Waals surface area contributed by atoms with Gasteiger partial charge in [0.05, 0.1) is 19.3 Å². The summed E-state index contributed by atoms with van der Waals surface area (Å²) in [5, 5.41) is 18.9.